The summed E-state index contributed by atoms with van der Waals surface area (Å²) in [5.74, 6) is -2.48. The van der Waals surface area contributed by atoms with Crippen LogP contribution in [0, 0.1) is 23.0 Å². The van der Waals surface area contributed by atoms with Crippen LogP contribution in [0.25, 0.3) is 27.5 Å². The van der Waals surface area contributed by atoms with Crippen LogP contribution in [0.5, 0.6) is 5.75 Å². The summed E-state index contributed by atoms with van der Waals surface area (Å²) in [4.78, 5) is 12.2. The average molecular weight is 523 g/mol. The van der Waals surface area contributed by atoms with Crippen LogP contribution < -0.4 is 4.74 Å². The molecular formula is C28H28F2N4O4. The number of aromatic nitrogens is 3. The summed E-state index contributed by atoms with van der Waals surface area (Å²) in [7, 11) is 2.74. The van der Waals surface area contributed by atoms with Gasteiger partial charge < -0.3 is 19.1 Å². The molecule has 2 N–H and O–H groups in total. The van der Waals surface area contributed by atoms with Gasteiger partial charge in [0.25, 0.3) is 0 Å². The molecule has 2 aromatic heterocycles. The lowest BCUT2D eigenvalue weighted by Gasteiger charge is -2.29. The van der Waals surface area contributed by atoms with Crippen molar-refractivity contribution in [1.29, 1.82) is 5.26 Å². The number of nitriles is 1. The van der Waals surface area contributed by atoms with Gasteiger partial charge in [-0.3, -0.25) is 5.10 Å². The Morgan fingerprint density at radius 2 is 2.11 bits per heavy atom. The van der Waals surface area contributed by atoms with Crippen LogP contribution in [0.1, 0.15) is 56.7 Å². The molecule has 2 heterocycles. The highest BCUT2D eigenvalue weighted by molar-refractivity contribution is 6.00. The lowest BCUT2D eigenvalue weighted by atomic mass is 9.79. The zero-order chi connectivity index (χ0) is 27.4. The van der Waals surface area contributed by atoms with Gasteiger partial charge in [-0.05, 0) is 48.9 Å². The van der Waals surface area contributed by atoms with Gasteiger partial charge in [-0.25, -0.2) is 13.6 Å². The number of benzene rings is 2. The predicted molar refractivity (Wildman–Crippen MR) is 137 cm³/mol. The summed E-state index contributed by atoms with van der Waals surface area (Å²) >= 11 is 0. The highest BCUT2D eigenvalue weighted by atomic mass is 19.1. The number of aliphatic carboxylic acids is 1. The molecule has 0 radical (unpaired) electrons. The molecule has 0 saturated heterocycles. The van der Waals surface area contributed by atoms with E-state index < -0.39 is 28.6 Å². The first kappa shape index (κ1) is 25.7. The second-order valence-electron chi connectivity index (χ2n) is 10.5. The molecule has 0 aliphatic heterocycles. The van der Waals surface area contributed by atoms with Crippen molar-refractivity contribution < 1.29 is 28.2 Å². The second kappa shape index (κ2) is 9.10. The van der Waals surface area contributed by atoms with Gasteiger partial charge in [-0.1, -0.05) is 13.8 Å². The molecular weight excluding hydrogens is 494 g/mol. The van der Waals surface area contributed by atoms with E-state index in [-0.39, 0.29) is 36.4 Å². The molecule has 2 aromatic carbocycles. The van der Waals surface area contributed by atoms with E-state index in [4.69, 9.17) is 9.47 Å². The van der Waals surface area contributed by atoms with Gasteiger partial charge in [-0.15, -0.1) is 0 Å². The van der Waals surface area contributed by atoms with Crippen LogP contribution in [-0.4, -0.2) is 45.7 Å². The minimum atomic E-state index is -1.40. The molecule has 1 aliphatic carbocycles. The Balaban J connectivity index is 1.93. The Kier molecular flexibility index (Phi) is 6.15. The molecule has 0 spiro atoms. The van der Waals surface area contributed by atoms with Gasteiger partial charge >= 0.3 is 5.97 Å². The molecule has 8 nitrogen and oxygen atoms in total. The molecule has 0 unspecified atom stereocenters. The first-order chi connectivity index (χ1) is 18.1. The summed E-state index contributed by atoms with van der Waals surface area (Å²) in [5.41, 5.74) is 0.352. The Bertz CT molecular complexity index is 1620. The highest BCUT2D eigenvalue weighted by Crippen LogP contribution is 2.51. The Morgan fingerprint density at radius 3 is 2.74 bits per heavy atom. The van der Waals surface area contributed by atoms with E-state index in [1.165, 1.54) is 32.5 Å². The van der Waals surface area contributed by atoms with Crippen molar-refractivity contribution in [3.63, 3.8) is 0 Å². The monoisotopic (exact) mass is 522 g/mol. The first-order valence-electron chi connectivity index (χ1n) is 12.3. The molecule has 4 aromatic rings. The van der Waals surface area contributed by atoms with E-state index in [2.05, 4.69) is 16.3 Å². The second-order valence-corrected chi connectivity index (χ2v) is 10.5. The van der Waals surface area contributed by atoms with Crippen molar-refractivity contribution in [2.45, 2.75) is 56.5 Å². The number of H-pyrrole nitrogens is 1. The summed E-state index contributed by atoms with van der Waals surface area (Å²) < 4.78 is 43.3. The van der Waals surface area contributed by atoms with E-state index in [0.717, 1.165) is 0 Å². The normalized spacial score (nSPS) is 19.8. The zero-order valence-electron chi connectivity index (χ0n) is 21.6. The number of carboxylic acids is 1. The van der Waals surface area contributed by atoms with Gasteiger partial charge in [-0.2, -0.15) is 10.4 Å². The lowest BCUT2D eigenvalue weighted by molar-refractivity contribution is -0.161. The molecule has 0 bridgehead atoms. The molecule has 10 heteroatoms. The third kappa shape index (κ3) is 3.72. The lowest BCUT2D eigenvalue weighted by Crippen LogP contribution is -2.37. The Labute approximate surface area is 217 Å². The minimum Gasteiger partial charge on any atom is -0.494 e. The number of hydrogen-bond acceptors (Lipinski definition) is 5. The molecule has 1 fully saturated rings. The Hall–Kier alpha value is -3.97. The number of carbonyl (C=O) groups is 1. The van der Waals surface area contributed by atoms with Crippen molar-refractivity contribution in [2.24, 2.45) is 0 Å². The average Bonchev–Trinajstić information content (AvgIpc) is 3.61. The van der Waals surface area contributed by atoms with Gasteiger partial charge in [0.2, 0.25) is 0 Å². The number of aromatic amines is 1. The van der Waals surface area contributed by atoms with E-state index in [1.54, 1.807) is 12.1 Å². The summed E-state index contributed by atoms with van der Waals surface area (Å²) in [6.45, 7) is 3.79. The highest BCUT2D eigenvalue weighted by Gasteiger charge is 2.49. The number of halogens is 2. The van der Waals surface area contributed by atoms with Crippen LogP contribution in [0.2, 0.25) is 0 Å². The van der Waals surface area contributed by atoms with E-state index in [0.29, 0.717) is 39.7 Å². The van der Waals surface area contributed by atoms with Crippen molar-refractivity contribution in [2.75, 3.05) is 14.2 Å². The number of nitrogens with zero attached hydrogens (tertiary/aromatic N) is 3. The van der Waals surface area contributed by atoms with Gasteiger partial charge in [0.1, 0.15) is 5.52 Å². The fraction of sp³-hybridized carbons (Fsp3) is 0.393. The topological polar surface area (TPSA) is 113 Å². The summed E-state index contributed by atoms with van der Waals surface area (Å²) in [6.07, 6.45) is 2.47. The van der Waals surface area contributed by atoms with Crippen molar-refractivity contribution >= 4 is 27.8 Å². The van der Waals surface area contributed by atoms with Crippen molar-refractivity contribution in [1.82, 2.24) is 14.8 Å². The quantitative estimate of drug-likeness (QED) is 0.321. The first-order valence-corrected chi connectivity index (χ1v) is 12.3. The van der Waals surface area contributed by atoms with Crippen LogP contribution in [-0.2, 0) is 14.9 Å². The van der Waals surface area contributed by atoms with Crippen LogP contribution in [0.4, 0.5) is 8.78 Å². The summed E-state index contributed by atoms with van der Waals surface area (Å²) in [6, 6.07) is 8.44. The van der Waals surface area contributed by atoms with Crippen LogP contribution >= 0.6 is 0 Å². The minimum absolute atomic E-state index is 0.0185. The molecule has 1 aliphatic rings. The van der Waals surface area contributed by atoms with Gasteiger partial charge in [0.05, 0.1) is 24.9 Å². The van der Waals surface area contributed by atoms with E-state index >= 15 is 4.39 Å². The molecule has 198 valence electrons. The maximum atomic E-state index is 16.4. The largest absolute Gasteiger partial charge is 0.494 e. The zero-order valence-corrected chi connectivity index (χ0v) is 21.6. The van der Waals surface area contributed by atoms with Crippen LogP contribution in [0.3, 0.4) is 0 Å². The molecule has 0 amide bonds. The van der Waals surface area contributed by atoms with Crippen molar-refractivity contribution in [3.8, 4) is 17.5 Å². The molecule has 1 saturated carbocycles. The molecule has 38 heavy (non-hydrogen) atoms. The smallest absolute Gasteiger partial charge is 0.335 e. The van der Waals surface area contributed by atoms with Crippen LogP contribution in [0.15, 0.2) is 30.5 Å². The number of fused-ring (bicyclic) bond motifs is 2. The number of carboxylic acid groups (broad SMARTS) is 1. The fourth-order valence-corrected chi connectivity index (χ4v) is 5.95. The van der Waals surface area contributed by atoms with Gasteiger partial charge in [0.15, 0.2) is 23.0 Å². The maximum Gasteiger partial charge on any atom is 0.335 e. The third-order valence-corrected chi connectivity index (χ3v) is 7.86. The number of nitrogens with one attached hydrogen (secondary N) is 1. The number of ether oxygens (including phenoxy) is 2. The third-order valence-electron chi connectivity index (χ3n) is 7.86. The molecule has 5 rings (SSSR count). The number of rotatable bonds is 7. The maximum absolute atomic E-state index is 16.4. The van der Waals surface area contributed by atoms with Crippen molar-refractivity contribution in [3.05, 3.63) is 53.4 Å². The number of hydrogen-bond donors (Lipinski definition) is 2. The van der Waals surface area contributed by atoms with E-state index in [1.807, 2.05) is 18.4 Å². The fourth-order valence-electron chi connectivity index (χ4n) is 5.95. The molecule has 2 atom stereocenters. The number of methoxy groups -OCH3 is 2. The van der Waals surface area contributed by atoms with E-state index in [9.17, 15) is 19.6 Å². The SMILES string of the molecule is COc1cc(-n2c(C(C)(C)CC#N)c([C@@H]3CC[C@@](OC)(C(=O)O)C3)c3c(F)c4[nH]ncc4cc32)ccc1F. The Morgan fingerprint density at radius 1 is 1.34 bits per heavy atom. The van der Waals surface area contributed by atoms with Gasteiger partial charge in [0, 0.05) is 47.2 Å². The predicted octanol–water partition coefficient (Wildman–Crippen LogP) is 5.72. The summed E-state index contributed by atoms with van der Waals surface area (Å²) in [5, 5.41) is 27.3. The standard InChI is InChI=1S/C28H28F2N4O4/c1-27(2,9-10-31)25-21(15-7-8-28(13-15,38-4)26(35)36)22-19(11-16-14-32-33-24(16)23(22)30)34(25)17-5-6-18(29)20(12-17)37-3/h5-6,11-12,14-15H,7-9,13H2,1-4H3,(H,32,33)(H,35,36)/t15-,28+/m1/s1.